The van der Waals surface area contributed by atoms with E-state index in [-0.39, 0.29) is 5.97 Å². The molecule has 0 heterocycles. The largest absolute Gasteiger partial charge is 0.351 e. The molecule has 1 aliphatic rings. The minimum absolute atomic E-state index is 0.252. The van der Waals surface area contributed by atoms with Crippen molar-refractivity contribution in [2.24, 2.45) is 11.3 Å². The topological polar surface area (TPSA) is 44.8 Å². The van der Waals surface area contributed by atoms with Crippen molar-refractivity contribution in [1.82, 2.24) is 0 Å². The van der Waals surface area contributed by atoms with Gasteiger partial charge in [-0.25, -0.2) is 4.79 Å². The van der Waals surface area contributed by atoms with Crippen molar-refractivity contribution >= 4 is 5.97 Å². The minimum atomic E-state index is -0.408. The quantitative estimate of drug-likeness (QED) is 0.324. The molecule has 0 aliphatic heterocycles. The van der Waals surface area contributed by atoms with Gasteiger partial charge in [0.1, 0.15) is 0 Å². The Morgan fingerprint density at radius 1 is 1.14 bits per heavy atom. The second-order valence-corrected chi connectivity index (χ2v) is 6.29. The highest BCUT2D eigenvalue weighted by Crippen LogP contribution is 2.41. The average Bonchev–Trinajstić information content (AvgIpc) is 2.52. The number of unbranched alkanes of at least 4 members (excludes halogenated alkanes) is 1. The second kappa shape index (κ2) is 10.2. The molecule has 4 heteroatoms. The second-order valence-electron chi connectivity index (χ2n) is 6.29. The van der Waals surface area contributed by atoms with E-state index in [1.54, 1.807) is 6.92 Å². The third-order valence-corrected chi connectivity index (χ3v) is 4.80. The highest BCUT2D eigenvalue weighted by molar-refractivity contribution is 5.76. The number of hydrogen-bond donors (Lipinski definition) is 0. The van der Waals surface area contributed by atoms with Crippen LogP contribution in [0.15, 0.2) is 0 Å². The van der Waals surface area contributed by atoms with Crippen molar-refractivity contribution in [3.8, 4) is 0 Å². The Morgan fingerprint density at radius 2 is 1.86 bits per heavy atom. The Morgan fingerprint density at radius 3 is 2.43 bits per heavy atom. The van der Waals surface area contributed by atoms with E-state index in [4.69, 9.17) is 9.78 Å². The van der Waals surface area contributed by atoms with E-state index in [1.165, 1.54) is 32.1 Å². The van der Waals surface area contributed by atoms with Crippen LogP contribution in [0.2, 0.25) is 0 Å². The van der Waals surface area contributed by atoms with Crippen LogP contribution in [0.1, 0.15) is 85.0 Å². The van der Waals surface area contributed by atoms with Gasteiger partial charge < -0.3 is 0 Å². The fourth-order valence-electron chi connectivity index (χ4n) is 3.40. The fourth-order valence-corrected chi connectivity index (χ4v) is 3.40. The van der Waals surface area contributed by atoms with Gasteiger partial charge in [0.2, 0.25) is 0 Å². The van der Waals surface area contributed by atoms with Crippen LogP contribution in [0.25, 0.3) is 0 Å². The minimum Gasteiger partial charge on any atom is -0.268 e. The standard InChI is InChI=1S/C17H32O4/c1-4-7-13-17(5-2,16(18)20-21-19-6-3)14-15-11-9-8-10-12-15/h15H,4-14H2,1-3H3. The summed E-state index contributed by atoms with van der Waals surface area (Å²) in [6, 6.07) is 0. The van der Waals surface area contributed by atoms with E-state index in [0.717, 1.165) is 32.1 Å². The van der Waals surface area contributed by atoms with E-state index in [2.05, 4.69) is 18.9 Å². The predicted octanol–water partition coefficient (Wildman–Crippen LogP) is 4.97. The molecule has 1 unspecified atom stereocenters. The lowest BCUT2D eigenvalue weighted by atomic mass is 9.70. The zero-order chi connectivity index (χ0) is 15.6. The van der Waals surface area contributed by atoms with Crippen LogP contribution in [0.5, 0.6) is 0 Å². The molecule has 0 aromatic rings. The molecule has 0 amide bonds. The van der Waals surface area contributed by atoms with E-state index in [0.29, 0.717) is 12.5 Å². The average molecular weight is 300 g/mol. The van der Waals surface area contributed by atoms with E-state index < -0.39 is 5.41 Å². The van der Waals surface area contributed by atoms with Crippen molar-refractivity contribution in [1.29, 1.82) is 0 Å². The summed E-state index contributed by atoms with van der Waals surface area (Å²) < 4.78 is 0. The third-order valence-electron chi connectivity index (χ3n) is 4.80. The summed E-state index contributed by atoms with van der Waals surface area (Å²) in [5, 5.41) is 4.57. The van der Waals surface area contributed by atoms with Gasteiger partial charge in [-0.15, -0.1) is 0 Å². The van der Waals surface area contributed by atoms with Gasteiger partial charge in [0, 0.05) is 0 Å². The van der Waals surface area contributed by atoms with Gasteiger partial charge in [0.15, 0.2) is 0 Å². The van der Waals surface area contributed by atoms with Crippen LogP contribution in [-0.2, 0) is 19.6 Å². The van der Waals surface area contributed by atoms with Crippen LogP contribution in [0, 0.1) is 11.3 Å². The highest BCUT2D eigenvalue weighted by Gasteiger charge is 2.41. The first-order valence-corrected chi connectivity index (χ1v) is 8.69. The Balaban J connectivity index is 2.68. The summed E-state index contributed by atoms with van der Waals surface area (Å²) in [7, 11) is 0. The molecule has 0 bridgehead atoms. The Labute approximate surface area is 129 Å². The lowest BCUT2D eigenvalue weighted by Crippen LogP contribution is -2.35. The van der Waals surface area contributed by atoms with Gasteiger partial charge in [0.25, 0.3) is 0 Å². The summed E-state index contributed by atoms with van der Waals surface area (Å²) >= 11 is 0. The maximum absolute atomic E-state index is 12.5. The van der Waals surface area contributed by atoms with Crippen LogP contribution in [-0.4, -0.2) is 12.6 Å². The molecule has 21 heavy (non-hydrogen) atoms. The van der Waals surface area contributed by atoms with Gasteiger partial charge in [-0.2, -0.15) is 4.89 Å². The maximum Gasteiger partial charge on any atom is 0.351 e. The molecule has 124 valence electrons. The van der Waals surface area contributed by atoms with Crippen LogP contribution in [0.3, 0.4) is 0 Å². The molecule has 0 saturated heterocycles. The molecular weight excluding hydrogens is 268 g/mol. The number of hydrogen-bond acceptors (Lipinski definition) is 4. The van der Waals surface area contributed by atoms with Gasteiger partial charge in [0.05, 0.1) is 12.0 Å². The molecular formula is C17H32O4. The first-order valence-electron chi connectivity index (χ1n) is 8.69. The van der Waals surface area contributed by atoms with Crippen LogP contribution in [0.4, 0.5) is 0 Å². The first kappa shape index (κ1) is 18.4. The molecule has 1 rings (SSSR count). The number of carbonyl (C=O) groups excluding carboxylic acids is 1. The normalized spacial score (nSPS) is 19.2. The zero-order valence-corrected chi connectivity index (χ0v) is 14.0. The predicted molar refractivity (Wildman–Crippen MR) is 82.2 cm³/mol. The van der Waals surface area contributed by atoms with E-state index in [9.17, 15) is 4.79 Å². The SMILES string of the molecule is CCCCC(CC)(CC1CCCCC1)C(=O)OOOCC. The van der Waals surface area contributed by atoms with Gasteiger partial charge >= 0.3 is 5.97 Å². The van der Waals surface area contributed by atoms with E-state index in [1.807, 2.05) is 0 Å². The third kappa shape index (κ3) is 5.95. The lowest BCUT2D eigenvalue weighted by molar-refractivity contribution is -0.487. The van der Waals surface area contributed by atoms with E-state index >= 15 is 0 Å². The molecule has 1 saturated carbocycles. The Kier molecular flexibility index (Phi) is 8.93. The monoisotopic (exact) mass is 300 g/mol. The summed E-state index contributed by atoms with van der Waals surface area (Å²) in [6.07, 6.45) is 11.2. The molecule has 1 aliphatic carbocycles. The molecule has 1 fully saturated rings. The number of rotatable bonds is 10. The van der Waals surface area contributed by atoms with Crippen molar-refractivity contribution in [2.45, 2.75) is 85.0 Å². The summed E-state index contributed by atoms with van der Waals surface area (Å²) in [6.45, 7) is 6.40. The molecule has 1 atom stereocenters. The molecule has 0 aromatic carbocycles. The maximum atomic E-state index is 12.5. The Bertz CT molecular complexity index is 287. The number of carbonyl (C=O) groups is 1. The molecule has 0 aromatic heterocycles. The lowest BCUT2D eigenvalue weighted by Gasteiger charge is -2.34. The fraction of sp³-hybridized carbons (Fsp3) is 0.941. The summed E-state index contributed by atoms with van der Waals surface area (Å²) in [5.41, 5.74) is -0.408. The summed E-state index contributed by atoms with van der Waals surface area (Å²) in [5.74, 6) is 0.396. The van der Waals surface area contributed by atoms with Crippen molar-refractivity contribution in [3.63, 3.8) is 0 Å². The van der Waals surface area contributed by atoms with Gasteiger partial charge in [-0.3, -0.25) is 4.89 Å². The smallest absolute Gasteiger partial charge is 0.268 e. The molecule has 0 N–H and O–H groups in total. The molecule has 0 radical (unpaired) electrons. The molecule has 4 nitrogen and oxygen atoms in total. The van der Waals surface area contributed by atoms with Crippen LogP contribution >= 0.6 is 0 Å². The Hall–Kier alpha value is -0.610. The van der Waals surface area contributed by atoms with Crippen molar-refractivity contribution in [2.75, 3.05) is 6.61 Å². The molecule has 0 spiro atoms. The van der Waals surface area contributed by atoms with Crippen LogP contribution < -0.4 is 0 Å². The zero-order valence-electron chi connectivity index (χ0n) is 14.0. The summed E-state index contributed by atoms with van der Waals surface area (Å²) in [4.78, 5) is 22.1. The highest BCUT2D eigenvalue weighted by atomic mass is 17.5. The van der Waals surface area contributed by atoms with Gasteiger partial charge in [-0.1, -0.05) is 58.8 Å². The van der Waals surface area contributed by atoms with Gasteiger partial charge in [-0.05, 0) is 37.1 Å². The van der Waals surface area contributed by atoms with Crippen molar-refractivity contribution in [3.05, 3.63) is 0 Å². The first-order chi connectivity index (χ1) is 10.2. The van der Waals surface area contributed by atoms with Crippen molar-refractivity contribution < 1.29 is 19.6 Å².